The summed E-state index contributed by atoms with van der Waals surface area (Å²) in [4.78, 5) is 7.61. The van der Waals surface area contributed by atoms with E-state index in [1.807, 2.05) is 12.1 Å². The molecule has 514 valence electrons. The van der Waals surface area contributed by atoms with Crippen molar-refractivity contribution in [3.63, 3.8) is 0 Å². The topological polar surface area (TPSA) is 62.3 Å². The summed E-state index contributed by atoms with van der Waals surface area (Å²) in [6.07, 6.45) is 8.00. The lowest BCUT2D eigenvalue weighted by molar-refractivity contribution is 0.669. The Labute approximate surface area is 634 Å². The van der Waals surface area contributed by atoms with Gasteiger partial charge in [0.1, 0.15) is 44.7 Å². The first kappa shape index (κ1) is 61.9. The van der Waals surface area contributed by atoms with E-state index in [-0.39, 0.29) is 12.6 Å². The van der Waals surface area contributed by atoms with Gasteiger partial charge in [0, 0.05) is 117 Å². The Kier molecular flexibility index (Phi) is 13.9. The molecule has 3 aliphatic rings. The van der Waals surface area contributed by atoms with E-state index in [2.05, 4.69) is 373 Å². The molecule has 0 radical (unpaired) electrons. The number of furan rings is 4. The Bertz CT molecular complexity index is 6890. The standard InChI is InChI=1S/C102H64BN3O4/c1-3-21-63(22-4-1)65-45-51-71(52-46-65)104(72-53-47-66(48-54-72)64-23-5-2-6-24-64)75-61-92-98-93(62-75)106(74-28-16-26-68(58-74)77-34-18-38-85-81-30-8-12-42-95(81)108-100(77)85)91-60-70(79-36-20-40-87-83-32-10-14-44-97(83)110-102(79)87)50-56-89(91)103(98)88-55-49-69(78-35-19-39-86-82-31-9-13-43-96(82)109-101(78)86)59-90(88)105(92)73-27-15-25-67(57-73)76-33-17-37-84-80-29-7-11-41-94(80)107-99(76)84/h1-47,49-62,66H,48H2. The number of nitrogens with zero attached hydrogens (tertiary/aromatic N) is 3. The van der Waals surface area contributed by atoms with Crippen molar-refractivity contribution in [2.45, 2.75) is 12.3 Å². The summed E-state index contributed by atoms with van der Waals surface area (Å²) < 4.78 is 27.7. The maximum atomic E-state index is 6.95. The number of hydrogen-bond acceptors (Lipinski definition) is 7. The zero-order chi connectivity index (χ0) is 72.1. The van der Waals surface area contributed by atoms with Crippen LogP contribution < -0.4 is 31.1 Å². The van der Waals surface area contributed by atoms with E-state index in [0.717, 1.165) is 212 Å². The van der Waals surface area contributed by atoms with Gasteiger partial charge in [0.25, 0.3) is 6.71 Å². The number of benzene rings is 16. The molecular formula is C102H64BN3O4. The van der Waals surface area contributed by atoms with Gasteiger partial charge in [0.15, 0.2) is 0 Å². The number of hydrogen-bond donors (Lipinski definition) is 0. The van der Waals surface area contributed by atoms with Gasteiger partial charge >= 0.3 is 0 Å². The van der Waals surface area contributed by atoms with Crippen LogP contribution in [0, 0.1) is 0 Å². The highest BCUT2D eigenvalue weighted by atomic mass is 16.3. The fourth-order valence-electron chi connectivity index (χ4n) is 18.1. The minimum Gasteiger partial charge on any atom is -0.455 e. The van der Waals surface area contributed by atoms with E-state index < -0.39 is 0 Å². The van der Waals surface area contributed by atoms with Gasteiger partial charge in [-0.05, 0) is 153 Å². The lowest BCUT2D eigenvalue weighted by Crippen LogP contribution is -2.61. The SMILES string of the molecule is C1=CC(c2ccccc2)CC=C1N(c1ccc(-c2ccccc2)cc1)c1cc2c3c(c1)N(c1cccc(-c4cccc5c4oc4ccccc45)c1)c1cc(-c4cccc5c4oc4ccccc45)ccc1B3c1ccc(-c3cccc4c3oc3ccccc34)cc1N2c1cccc(-c2cccc3c2oc2ccccc23)c1. The molecule has 1 unspecified atom stereocenters. The maximum absolute atomic E-state index is 6.95. The highest BCUT2D eigenvalue weighted by Gasteiger charge is 2.45. The van der Waals surface area contributed by atoms with Crippen molar-refractivity contribution in [3.8, 4) is 55.6 Å². The van der Waals surface area contributed by atoms with E-state index in [4.69, 9.17) is 17.7 Å². The minimum absolute atomic E-state index is 0.196. The first-order valence-corrected chi connectivity index (χ1v) is 37.8. The molecule has 0 saturated carbocycles. The fraction of sp³-hybridized carbons (Fsp3) is 0.0196. The van der Waals surface area contributed by atoms with Crippen molar-refractivity contribution in [1.29, 1.82) is 0 Å². The van der Waals surface area contributed by atoms with Gasteiger partial charge in [0.05, 0.1) is 5.69 Å². The van der Waals surface area contributed by atoms with Gasteiger partial charge in [-0.1, -0.05) is 279 Å². The highest BCUT2D eigenvalue weighted by Crippen LogP contribution is 2.52. The summed E-state index contributed by atoms with van der Waals surface area (Å²) in [5.41, 5.74) is 31.3. The molecule has 110 heavy (non-hydrogen) atoms. The van der Waals surface area contributed by atoms with Crippen LogP contribution >= 0.6 is 0 Å². The molecule has 0 N–H and O–H groups in total. The molecule has 0 amide bonds. The second-order valence-electron chi connectivity index (χ2n) is 29.3. The largest absolute Gasteiger partial charge is 0.455 e. The van der Waals surface area contributed by atoms with Crippen LogP contribution in [0.4, 0.5) is 45.5 Å². The quantitative estimate of drug-likeness (QED) is 0.120. The van der Waals surface area contributed by atoms with Gasteiger partial charge < -0.3 is 32.4 Å². The van der Waals surface area contributed by atoms with E-state index in [9.17, 15) is 0 Å². The first-order chi connectivity index (χ1) is 54.5. The molecule has 16 aromatic carbocycles. The molecule has 8 heteroatoms. The monoisotopic (exact) mass is 1410 g/mol. The normalized spacial score (nSPS) is 13.8. The number of anilines is 8. The van der Waals surface area contributed by atoms with Crippen LogP contribution in [-0.2, 0) is 0 Å². The molecule has 2 aliphatic heterocycles. The van der Waals surface area contributed by atoms with E-state index >= 15 is 0 Å². The van der Waals surface area contributed by atoms with Gasteiger partial charge in [-0.15, -0.1) is 0 Å². The highest BCUT2D eigenvalue weighted by molar-refractivity contribution is 7.00. The molecule has 1 aliphatic carbocycles. The van der Waals surface area contributed by atoms with Crippen LogP contribution in [0.3, 0.4) is 0 Å². The molecule has 1 atom stereocenters. The van der Waals surface area contributed by atoms with Crippen molar-refractivity contribution >= 4 is 156 Å². The Balaban J connectivity index is 0.824. The molecular weight excluding hydrogens is 1340 g/mol. The van der Waals surface area contributed by atoms with Crippen LogP contribution in [-0.4, -0.2) is 6.71 Å². The molecule has 7 nitrogen and oxygen atoms in total. The minimum atomic E-state index is -0.294. The lowest BCUT2D eigenvalue weighted by atomic mass is 9.33. The average Bonchev–Trinajstić information content (AvgIpc) is 0.751. The maximum Gasteiger partial charge on any atom is 0.252 e. The van der Waals surface area contributed by atoms with Crippen molar-refractivity contribution in [2.24, 2.45) is 0 Å². The summed E-state index contributed by atoms with van der Waals surface area (Å²) in [5, 5.41) is 8.66. The second-order valence-corrected chi connectivity index (χ2v) is 29.3. The fourth-order valence-corrected chi connectivity index (χ4v) is 18.1. The second kappa shape index (κ2) is 24.6. The predicted molar refractivity (Wildman–Crippen MR) is 456 cm³/mol. The first-order valence-electron chi connectivity index (χ1n) is 37.8. The Morgan fingerprint density at radius 3 is 1.08 bits per heavy atom. The summed E-state index contributed by atoms with van der Waals surface area (Å²) in [7, 11) is 0. The molecule has 23 rings (SSSR count). The number of fused-ring (bicyclic) bond motifs is 16. The Hall–Kier alpha value is -14.3. The molecule has 6 heterocycles. The van der Waals surface area contributed by atoms with Gasteiger partial charge in [-0.25, -0.2) is 0 Å². The summed E-state index contributed by atoms with van der Waals surface area (Å²) in [6.45, 7) is -0.294. The van der Waals surface area contributed by atoms with E-state index in [0.29, 0.717) is 0 Å². The predicted octanol–water partition coefficient (Wildman–Crippen LogP) is 26.5. The molecule has 0 spiro atoms. The summed E-state index contributed by atoms with van der Waals surface area (Å²) >= 11 is 0. The van der Waals surface area contributed by atoms with Gasteiger partial charge in [-0.3, -0.25) is 0 Å². The van der Waals surface area contributed by atoms with Crippen LogP contribution in [0.15, 0.2) is 393 Å². The molecule has 20 aromatic rings. The Morgan fingerprint density at radius 1 is 0.291 bits per heavy atom. The van der Waals surface area contributed by atoms with Crippen molar-refractivity contribution in [1.82, 2.24) is 0 Å². The van der Waals surface area contributed by atoms with Crippen molar-refractivity contribution in [2.75, 3.05) is 14.7 Å². The van der Waals surface area contributed by atoms with Gasteiger partial charge in [-0.2, -0.15) is 0 Å². The van der Waals surface area contributed by atoms with Crippen LogP contribution in [0.25, 0.3) is 143 Å². The molecule has 0 bridgehead atoms. The van der Waals surface area contributed by atoms with Crippen molar-refractivity contribution in [3.05, 3.63) is 381 Å². The summed E-state index contributed by atoms with van der Waals surface area (Å²) in [5.74, 6) is 0.196. The van der Waals surface area contributed by atoms with E-state index in [1.165, 1.54) is 11.0 Å². The van der Waals surface area contributed by atoms with E-state index in [1.54, 1.807) is 0 Å². The molecule has 4 aromatic heterocycles. The smallest absolute Gasteiger partial charge is 0.252 e. The zero-order valence-electron chi connectivity index (χ0n) is 59.6. The number of allylic oxidation sites excluding steroid dienone is 3. The number of para-hydroxylation sites is 8. The molecule has 0 fully saturated rings. The van der Waals surface area contributed by atoms with Crippen molar-refractivity contribution < 1.29 is 17.7 Å². The third-order valence-corrected chi connectivity index (χ3v) is 23.2. The third-order valence-electron chi connectivity index (χ3n) is 23.2. The zero-order valence-corrected chi connectivity index (χ0v) is 59.6. The third kappa shape index (κ3) is 9.72. The van der Waals surface area contributed by atoms with Gasteiger partial charge in [0.2, 0.25) is 0 Å². The summed E-state index contributed by atoms with van der Waals surface area (Å²) in [6, 6.07) is 128. The van der Waals surface area contributed by atoms with Crippen LogP contribution in [0.2, 0.25) is 0 Å². The van der Waals surface area contributed by atoms with Crippen LogP contribution in [0.1, 0.15) is 17.9 Å². The van der Waals surface area contributed by atoms with Crippen LogP contribution in [0.5, 0.6) is 0 Å². The average molecular weight is 1410 g/mol. The Morgan fingerprint density at radius 2 is 0.655 bits per heavy atom. The lowest BCUT2D eigenvalue weighted by Gasteiger charge is -2.45. The molecule has 0 saturated heterocycles. The number of rotatable bonds is 11.